The number of rotatable bonds is 11. The van der Waals surface area contributed by atoms with Crippen molar-refractivity contribution in [2.45, 2.75) is 32.9 Å². The van der Waals surface area contributed by atoms with E-state index in [-0.39, 0.29) is 12.5 Å². The van der Waals surface area contributed by atoms with E-state index in [1.54, 1.807) is 31.2 Å². The minimum Gasteiger partial charge on any atom is -0.497 e. The van der Waals surface area contributed by atoms with Gasteiger partial charge < -0.3 is 15.0 Å². The maximum atomic E-state index is 13.4. The molecule has 1 atom stereocenters. The van der Waals surface area contributed by atoms with Gasteiger partial charge in [0.1, 0.15) is 18.3 Å². The lowest BCUT2D eigenvalue weighted by Crippen LogP contribution is -2.51. The number of nitrogens with one attached hydrogen (secondary N) is 1. The van der Waals surface area contributed by atoms with Crippen LogP contribution in [0, 0.1) is 0 Å². The number of hydrogen-bond donors (Lipinski definition) is 1. The molecule has 0 saturated heterocycles. The predicted molar refractivity (Wildman–Crippen MR) is 125 cm³/mol. The molecule has 2 aromatic rings. The highest BCUT2D eigenvalue weighted by Gasteiger charge is 2.30. The molecule has 1 N–H and O–H groups in total. The summed E-state index contributed by atoms with van der Waals surface area (Å²) in [6, 6.07) is 15.0. The van der Waals surface area contributed by atoms with Crippen LogP contribution in [0.25, 0.3) is 0 Å². The molecule has 0 saturated carbocycles. The van der Waals surface area contributed by atoms with E-state index < -0.39 is 28.5 Å². The van der Waals surface area contributed by atoms with E-state index in [2.05, 4.69) is 5.32 Å². The third kappa shape index (κ3) is 6.98. The maximum Gasteiger partial charge on any atom is 0.244 e. The molecule has 0 radical (unpaired) electrons. The van der Waals surface area contributed by atoms with Gasteiger partial charge in [-0.25, -0.2) is 8.42 Å². The molecule has 0 aliphatic carbocycles. The van der Waals surface area contributed by atoms with Gasteiger partial charge in [-0.05, 0) is 31.0 Å². The summed E-state index contributed by atoms with van der Waals surface area (Å²) in [6.45, 7) is 3.81. The summed E-state index contributed by atoms with van der Waals surface area (Å²) in [4.78, 5) is 27.4. The first-order valence-corrected chi connectivity index (χ1v) is 12.2. The molecule has 0 heterocycles. The van der Waals surface area contributed by atoms with Crippen molar-refractivity contribution in [3.8, 4) is 5.75 Å². The Hall–Kier alpha value is -3.07. The van der Waals surface area contributed by atoms with Crippen molar-refractivity contribution in [2.24, 2.45) is 0 Å². The SMILES string of the molecule is CCCNC(=O)C(C)N(Cc1ccccc1)C(=O)CN(c1cccc(OC)c1)S(C)(=O)=O. The largest absolute Gasteiger partial charge is 0.497 e. The summed E-state index contributed by atoms with van der Waals surface area (Å²) >= 11 is 0. The van der Waals surface area contributed by atoms with Crippen molar-refractivity contribution in [1.82, 2.24) is 10.2 Å². The van der Waals surface area contributed by atoms with Crippen molar-refractivity contribution in [3.63, 3.8) is 0 Å². The van der Waals surface area contributed by atoms with Gasteiger partial charge in [0.05, 0.1) is 19.1 Å². The number of methoxy groups -OCH3 is 1. The minimum atomic E-state index is -3.77. The summed E-state index contributed by atoms with van der Waals surface area (Å²) < 4.78 is 31.3. The lowest BCUT2D eigenvalue weighted by molar-refractivity contribution is -0.139. The summed E-state index contributed by atoms with van der Waals surface area (Å²) in [5.41, 5.74) is 1.14. The second-order valence-corrected chi connectivity index (χ2v) is 9.35. The van der Waals surface area contributed by atoms with Gasteiger partial charge in [0, 0.05) is 19.2 Å². The summed E-state index contributed by atoms with van der Waals surface area (Å²) in [6.07, 6.45) is 1.81. The normalized spacial score (nSPS) is 12.0. The highest BCUT2D eigenvalue weighted by atomic mass is 32.2. The number of carbonyl (C=O) groups is 2. The minimum absolute atomic E-state index is 0.177. The Kier molecular flexibility index (Phi) is 9.07. The predicted octanol–water partition coefficient (Wildman–Crippen LogP) is 2.40. The number of ether oxygens (including phenoxy) is 1. The Morgan fingerprint density at radius 2 is 1.78 bits per heavy atom. The third-order valence-electron chi connectivity index (χ3n) is 4.93. The lowest BCUT2D eigenvalue weighted by Gasteiger charge is -2.31. The smallest absolute Gasteiger partial charge is 0.244 e. The first-order chi connectivity index (χ1) is 15.2. The summed E-state index contributed by atoms with van der Waals surface area (Å²) in [5.74, 6) is -0.304. The highest BCUT2D eigenvalue weighted by Crippen LogP contribution is 2.23. The van der Waals surface area contributed by atoms with Crippen molar-refractivity contribution in [3.05, 3.63) is 60.2 Å². The van der Waals surface area contributed by atoms with Crippen molar-refractivity contribution in [2.75, 3.05) is 30.8 Å². The van der Waals surface area contributed by atoms with Crippen LogP contribution in [-0.2, 0) is 26.2 Å². The first kappa shape index (κ1) is 25.2. The van der Waals surface area contributed by atoms with Gasteiger partial charge in [0.15, 0.2) is 0 Å². The van der Waals surface area contributed by atoms with Crippen LogP contribution in [0.1, 0.15) is 25.8 Å². The Balaban J connectivity index is 2.35. The molecule has 0 fully saturated rings. The number of hydrogen-bond acceptors (Lipinski definition) is 5. The van der Waals surface area contributed by atoms with Crippen LogP contribution >= 0.6 is 0 Å². The van der Waals surface area contributed by atoms with E-state index in [1.165, 1.54) is 12.0 Å². The molecule has 0 aromatic heterocycles. The summed E-state index contributed by atoms with van der Waals surface area (Å²) in [5, 5.41) is 2.80. The Bertz CT molecular complexity index is 1010. The average Bonchev–Trinajstić information content (AvgIpc) is 2.78. The zero-order valence-corrected chi connectivity index (χ0v) is 19.8. The maximum absolute atomic E-state index is 13.4. The molecule has 174 valence electrons. The van der Waals surface area contributed by atoms with Crippen LogP contribution in [-0.4, -0.2) is 57.6 Å². The number of anilines is 1. The molecule has 32 heavy (non-hydrogen) atoms. The topological polar surface area (TPSA) is 96.0 Å². The van der Waals surface area contributed by atoms with Crippen molar-refractivity contribution < 1.29 is 22.7 Å². The van der Waals surface area contributed by atoms with E-state index >= 15 is 0 Å². The van der Waals surface area contributed by atoms with Gasteiger partial charge in [0.2, 0.25) is 21.8 Å². The Labute approximate surface area is 190 Å². The molecule has 0 aliphatic heterocycles. The third-order valence-corrected chi connectivity index (χ3v) is 6.07. The number of sulfonamides is 1. The van der Waals surface area contributed by atoms with Gasteiger partial charge in [0.25, 0.3) is 0 Å². The second kappa shape index (κ2) is 11.5. The van der Waals surface area contributed by atoms with E-state index in [0.717, 1.165) is 22.5 Å². The molecule has 0 spiro atoms. The molecular formula is C23H31N3O5S. The monoisotopic (exact) mass is 461 g/mol. The fraction of sp³-hybridized carbons (Fsp3) is 0.391. The second-order valence-electron chi connectivity index (χ2n) is 7.45. The number of nitrogens with zero attached hydrogens (tertiary/aromatic N) is 2. The van der Waals surface area contributed by atoms with Crippen molar-refractivity contribution >= 4 is 27.5 Å². The molecule has 8 nitrogen and oxygen atoms in total. The van der Waals surface area contributed by atoms with E-state index in [0.29, 0.717) is 18.0 Å². The molecule has 2 rings (SSSR count). The van der Waals surface area contributed by atoms with Crippen LogP contribution in [0.4, 0.5) is 5.69 Å². The van der Waals surface area contributed by atoms with E-state index in [9.17, 15) is 18.0 Å². The lowest BCUT2D eigenvalue weighted by atomic mass is 10.1. The van der Waals surface area contributed by atoms with Crippen LogP contribution < -0.4 is 14.4 Å². The molecule has 9 heteroatoms. The number of carbonyl (C=O) groups excluding carboxylic acids is 2. The van der Waals surface area contributed by atoms with Crippen LogP contribution in [0.5, 0.6) is 5.75 Å². The molecule has 2 amide bonds. The molecular weight excluding hydrogens is 430 g/mol. The van der Waals surface area contributed by atoms with Crippen LogP contribution in [0.15, 0.2) is 54.6 Å². The molecule has 0 bridgehead atoms. The molecule has 0 aliphatic rings. The van der Waals surface area contributed by atoms with Crippen LogP contribution in [0.3, 0.4) is 0 Å². The van der Waals surface area contributed by atoms with Gasteiger partial charge >= 0.3 is 0 Å². The van der Waals surface area contributed by atoms with Crippen LogP contribution in [0.2, 0.25) is 0 Å². The van der Waals surface area contributed by atoms with E-state index in [4.69, 9.17) is 4.74 Å². The standard InChI is InChI=1S/C23H31N3O5S/c1-5-14-24-23(28)18(2)25(16-19-10-7-6-8-11-19)22(27)17-26(32(4,29)30)20-12-9-13-21(15-20)31-3/h6-13,15,18H,5,14,16-17H2,1-4H3,(H,24,28). The quantitative estimate of drug-likeness (QED) is 0.554. The summed E-state index contributed by atoms with van der Waals surface area (Å²) in [7, 11) is -2.30. The molecule has 1 unspecified atom stereocenters. The van der Waals surface area contributed by atoms with E-state index in [1.807, 2.05) is 37.3 Å². The zero-order valence-electron chi connectivity index (χ0n) is 18.9. The number of amides is 2. The Morgan fingerprint density at radius 1 is 1.09 bits per heavy atom. The van der Waals surface area contributed by atoms with Gasteiger partial charge in [-0.3, -0.25) is 13.9 Å². The van der Waals surface area contributed by atoms with Gasteiger partial charge in [-0.2, -0.15) is 0 Å². The zero-order chi connectivity index (χ0) is 23.7. The van der Waals surface area contributed by atoms with Crippen molar-refractivity contribution in [1.29, 1.82) is 0 Å². The Morgan fingerprint density at radius 3 is 2.38 bits per heavy atom. The fourth-order valence-electron chi connectivity index (χ4n) is 3.14. The highest BCUT2D eigenvalue weighted by molar-refractivity contribution is 7.92. The first-order valence-electron chi connectivity index (χ1n) is 10.4. The van der Waals surface area contributed by atoms with Gasteiger partial charge in [-0.1, -0.05) is 43.3 Å². The number of benzene rings is 2. The van der Waals surface area contributed by atoms with Gasteiger partial charge in [-0.15, -0.1) is 0 Å². The fourth-order valence-corrected chi connectivity index (χ4v) is 3.98. The average molecular weight is 462 g/mol. The molecule has 2 aromatic carbocycles.